The van der Waals surface area contributed by atoms with Gasteiger partial charge in [-0.05, 0) is 80.1 Å². The Morgan fingerprint density at radius 1 is 1.14 bits per heavy atom. The number of Topliss-reactive ketones (excluding diaryl/α,β-unsaturated/α-hetero) is 1. The maximum Gasteiger partial charge on any atom is 0.156 e. The molecule has 22 heavy (non-hydrogen) atoms. The summed E-state index contributed by atoms with van der Waals surface area (Å²) in [7, 11) is 0. The molecule has 2 heteroatoms. The summed E-state index contributed by atoms with van der Waals surface area (Å²) in [5, 5.41) is 0. The molecule has 4 aliphatic rings. The number of fused-ring (bicyclic) bond motifs is 5. The molecule has 6 atom stereocenters. The second-order valence-corrected chi connectivity index (χ2v) is 8.93. The number of allylic oxidation sites excluding steroid dienone is 2. The molecule has 3 fully saturated rings. The summed E-state index contributed by atoms with van der Waals surface area (Å²) in [6.45, 7) is 6.53. The summed E-state index contributed by atoms with van der Waals surface area (Å²) < 4.78 is 0. The van der Waals surface area contributed by atoms with Crippen LogP contribution in [0, 0.1) is 34.5 Å². The smallest absolute Gasteiger partial charge is 0.156 e. The predicted molar refractivity (Wildman–Crippen MR) is 86.3 cm³/mol. The molecule has 0 bridgehead atoms. The fourth-order valence-electron chi connectivity index (χ4n) is 7.08. The molecule has 0 unspecified atom stereocenters. The van der Waals surface area contributed by atoms with Gasteiger partial charge in [0.05, 0.1) is 0 Å². The van der Waals surface area contributed by atoms with Crippen LogP contribution in [-0.4, -0.2) is 11.6 Å². The molecule has 3 saturated carbocycles. The van der Waals surface area contributed by atoms with Gasteiger partial charge in [0, 0.05) is 12.3 Å². The number of carbonyl (C=O) groups is 2. The first kappa shape index (κ1) is 14.7. The topological polar surface area (TPSA) is 34.1 Å². The van der Waals surface area contributed by atoms with Crippen LogP contribution >= 0.6 is 0 Å². The van der Waals surface area contributed by atoms with Crippen LogP contribution in [0.15, 0.2) is 11.6 Å². The van der Waals surface area contributed by atoms with Crippen molar-refractivity contribution in [1.82, 2.24) is 0 Å². The summed E-state index contributed by atoms with van der Waals surface area (Å²) in [6, 6.07) is 0. The van der Waals surface area contributed by atoms with Crippen LogP contribution < -0.4 is 0 Å². The standard InChI is InChI=1S/C20H28O2/c1-12(21)16-6-7-17-15-5-4-13-10-14(22)11-20(13,3)18(15)8-9-19(16,17)2/h10,15-18H,4-9,11H2,1-3H3/t15-,16+,17-,18-,19+,20-/m0/s1. The van der Waals surface area contributed by atoms with Gasteiger partial charge in [-0.25, -0.2) is 0 Å². The Hall–Kier alpha value is -0.920. The lowest BCUT2D eigenvalue weighted by Crippen LogP contribution is -2.49. The Morgan fingerprint density at radius 3 is 2.64 bits per heavy atom. The average Bonchev–Trinajstić information content (AvgIpc) is 2.93. The van der Waals surface area contributed by atoms with Crippen molar-refractivity contribution >= 4 is 11.6 Å². The van der Waals surface area contributed by atoms with E-state index in [0.717, 1.165) is 25.2 Å². The quantitative estimate of drug-likeness (QED) is 0.722. The van der Waals surface area contributed by atoms with Crippen LogP contribution in [0.25, 0.3) is 0 Å². The van der Waals surface area contributed by atoms with Crippen molar-refractivity contribution in [3.8, 4) is 0 Å². The molecule has 0 amide bonds. The minimum absolute atomic E-state index is 0.135. The molecule has 120 valence electrons. The van der Waals surface area contributed by atoms with Crippen molar-refractivity contribution in [2.24, 2.45) is 34.5 Å². The molecule has 0 aromatic rings. The molecule has 0 radical (unpaired) electrons. The fraction of sp³-hybridized carbons (Fsp3) is 0.800. The van der Waals surface area contributed by atoms with Crippen LogP contribution in [0.4, 0.5) is 0 Å². The van der Waals surface area contributed by atoms with Gasteiger partial charge in [0.1, 0.15) is 5.78 Å². The SMILES string of the molecule is CC(=O)[C@H]1CC[C@H]2[C@@H]3CCC4=CC(=O)C[C@]4(C)[C@H]3CC[C@]12C. The van der Waals surface area contributed by atoms with Crippen molar-refractivity contribution in [1.29, 1.82) is 0 Å². The van der Waals surface area contributed by atoms with Gasteiger partial charge in [-0.2, -0.15) is 0 Å². The van der Waals surface area contributed by atoms with Crippen LogP contribution in [0.5, 0.6) is 0 Å². The third-order valence-electron chi connectivity index (χ3n) is 8.10. The molecular weight excluding hydrogens is 272 g/mol. The molecule has 2 nitrogen and oxygen atoms in total. The first-order chi connectivity index (χ1) is 10.4. The lowest BCUT2D eigenvalue weighted by Gasteiger charge is -2.56. The van der Waals surface area contributed by atoms with E-state index in [4.69, 9.17) is 0 Å². The second kappa shape index (κ2) is 4.55. The minimum atomic E-state index is 0.135. The Labute approximate surface area is 133 Å². The molecule has 0 N–H and O–H groups in total. The van der Waals surface area contributed by atoms with Gasteiger partial charge in [0.2, 0.25) is 0 Å². The molecule has 0 saturated heterocycles. The molecule has 0 heterocycles. The van der Waals surface area contributed by atoms with Crippen molar-refractivity contribution < 1.29 is 9.59 Å². The van der Waals surface area contributed by atoms with E-state index in [0.29, 0.717) is 23.4 Å². The molecular formula is C20H28O2. The van der Waals surface area contributed by atoms with Gasteiger partial charge in [-0.1, -0.05) is 19.4 Å². The summed E-state index contributed by atoms with van der Waals surface area (Å²) in [6.07, 6.45) is 9.76. The molecule has 0 spiro atoms. The molecule has 4 aliphatic carbocycles. The largest absolute Gasteiger partial charge is 0.300 e. The van der Waals surface area contributed by atoms with E-state index in [1.54, 1.807) is 6.92 Å². The van der Waals surface area contributed by atoms with Crippen LogP contribution in [0.2, 0.25) is 0 Å². The maximum absolute atomic E-state index is 12.1. The number of carbonyl (C=O) groups excluding carboxylic acids is 2. The molecule has 0 aromatic carbocycles. The van der Waals surface area contributed by atoms with E-state index in [9.17, 15) is 9.59 Å². The highest BCUT2D eigenvalue weighted by Crippen LogP contribution is 2.66. The van der Waals surface area contributed by atoms with Gasteiger partial charge in [-0.3, -0.25) is 9.59 Å². The third-order valence-corrected chi connectivity index (χ3v) is 8.10. The normalized spacial score (nSPS) is 50.1. The maximum atomic E-state index is 12.1. The van der Waals surface area contributed by atoms with E-state index >= 15 is 0 Å². The average molecular weight is 300 g/mol. The van der Waals surface area contributed by atoms with Crippen LogP contribution in [-0.2, 0) is 9.59 Å². The van der Waals surface area contributed by atoms with Gasteiger partial charge >= 0.3 is 0 Å². The minimum Gasteiger partial charge on any atom is -0.300 e. The Morgan fingerprint density at radius 2 is 1.91 bits per heavy atom. The van der Waals surface area contributed by atoms with Gasteiger partial charge in [0.25, 0.3) is 0 Å². The van der Waals surface area contributed by atoms with Crippen molar-refractivity contribution in [3.05, 3.63) is 11.6 Å². The van der Waals surface area contributed by atoms with E-state index < -0.39 is 0 Å². The van der Waals surface area contributed by atoms with E-state index in [1.165, 1.54) is 31.3 Å². The predicted octanol–water partition coefficient (Wildman–Crippen LogP) is 4.33. The van der Waals surface area contributed by atoms with E-state index in [2.05, 4.69) is 13.8 Å². The van der Waals surface area contributed by atoms with E-state index in [1.807, 2.05) is 6.08 Å². The number of ketones is 2. The second-order valence-electron chi connectivity index (χ2n) is 8.93. The molecule has 4 rings (SSSR count). The summed E-state index contributed by atoms with van der Waals surface area (Å²) in [5.74, 6) is 3.14. The van der Waals surface area contributed by atoms with Crippen LogP contribution in [0.3, 0.4) is 0 Å². The third kappa shape index (κ3) is 1.73. The monoisotopic (exact) mass is 300 g/mol. The lowest BCUT2D eigenvalue weighted by molar-refractivity contribution is -0.127. The molecule has 0 aromatic heterocycles. The summed E-state index contributed by atoms with van der Waals surface area (Å²) in [5.41, 5.74) is 1.80. The van der Waals surface area contributed by atoms with Crippen molar-refractivity contribution in [2.75, 3.05) is 0 Å². The lowest BCUT2D eigenvalue weighted by atomic mass is 9.48. The number of hydrogen-bond donors (Lipinski definition) is 0. The van der Waals surface area contributed by atoms with Gasteiger partial charge < -0.3 is 0 Å². The Balaban J connectivity index is 1.67. The zero-order valence-corrected chi connectivity index (χ0v) is 14.2. The Kier molecular flexibility index (Phi) is 3.03. The summed E-state index contributed by atoms with van der Waals surface area (Å²) >= 11 is 0. The number of rotatable bonds is 1. The first-order valence-electron chi connectivity index (χ1n) is 9.10. The molecule has 0 aliphatic heterocycles. The highest BCUT2D eigenvalue weighted by molar-refractivity contribution is 5.94. The summed E-state index contributed by atoms with van der Waals surface area (Å²) in [4.78, 5) is 24.1. The fourth-order valence-corrected chi connectivity index (χ4v) is 7.08. The van der Waals surface area contributed by atoms with Crippen molar-refractivity contribution in [3.63, 3.8) is 0 Å². The van der Waals surface area contributed by atoms with Crippen LogP contribution in [0.1, 0.15) is 65.7 Å². The van der Waals surface area contributed by atoms with Gasteiger partial charge in [0.15, 0.2) is 5.78 Å². The zero-order chi connectivity index (χ0) is 15.7. The number of hydrogen-bond acceptors (Lipinski definition) is 2. The Bertz CT molecular complexity index is 574. The van der Waals surface area contributed by atoms with Gasteiger partial charge in [-0.15, -0.1) is 0 Å². The first-order valence-corrected chi connectivity index (χ1v) is 9.10. The zero-order valence-electron chi connectivity index (χ0n) is 14.2. The van der Waals surface area contributed by atoms with E-state index in [-0.39, 0.29) is 16.7 Å². The van der Waals surface area contributed by atoms with Crippen molar-refractivity contribution in [2.45, 2.75) is 65.7 Å². The highest BCUT2D eigenvalue weighted by Gasteiger charge is 2.60. The highest BCUT2D eigenvalue weighted by atomic mass is 16.1.